The number of hydrogen-bond donors (Lipinski definition) is 1. The molecule has 0 saturated carbocycles. The second kappa shape index (κ2) is 7.43. The zero-order valence-corrected chi connectivity index (χ0v) is 15.0. The molecule has 0 spiro atoms. The summed E-state index contributed by atoms with van der Waals surface area (Å²) in [5.74, 6) is 2.83. The highest BCUT2D eigenvalue weighted by molar-refractivity contribution is 5.85. The summed E-state index contributed by atoms with van der Waals surface area (Å²) in [6, 6.07) is 5.86. The van der Waals surface area contributed by atoms with E-state index in [4.69, 9.17) is 14.0 Å². The smallest absolute Gasteiger partial charge is 0.257 e. The number of ether oxygens (including phenoxy) is 2. The molecule has 2 aromatic rings. The van der Waals surface area contributed by atoms with Crippen molar-refractivity contribution in [3.8, 4) is 11.5 Å². The van der Waals surface area contributed by atoms with Crippen LogP contribution in [0.15, 0.2) is 22.7 Å². The average Bonchev–Trinajstić information content (AvgIpc) is 3.11. The summed E-state index contributed by atoms with van der Waals surface area (Å²) in [6.07, 6.45) is 2.02. The predicted molar refractivity (Wildman–Crippen MR) is 96.1 cm³/mol. The molecule has 0 bridgehead atoms. The van der Waals surface area contributed by atoms with E-state index < -0.39 is 0 Å². The first-order valence-corrected chi connectivity index (χ1v) is 8.01. The Bertz CT molecular complexity index is 777. The third-order valence-corrected chi connectivity index (χ3v) is 4.46. The van der Waals surface area contributed by atoms with E-state index in [0.717, 1.165) is 42.3 Å². The summed E-state index contributed by atoms with van der Waals surface area (Å²) >= 11 is 0. The van der Waals surface area contributed by atoms with Crippen LogP contribution in [0.25, 0.3) is 11.6 Å². The number of rotatable bonds is 3. The fourth-order valence-electron chi connectivity index (χ4n) is 3.00. The molecule has 4 rings (SSSR count). The maximum absolute atomic E-state index is 5.79. The van der Waals surface area contributed by atoms with E-state index in [1.54, 1.807) is 7.11 Å². The number of nitrogens with zero attached hydrogens (tertiary/aromatic N) is 3. The zero-order valence-electron chi connectivity index (χ0n) is 14.2. The summed E-state index contributed by atoms with van der Waals surface area (Å²) < 4.78 is 16.5. The van der Waals surface area contributed by atoms with E-state index in [1.807, 2.05) is 24.3 Å². The van der Waals surface area contributed by atoms with Gasteiger partial charge < -0.3 is 19.3 Å². The van der Waals surface area contributed by atoms with Gasteiger partial charge in [-0.15, -0.1) is 12.4 Å². The Balaban J connectivity index is 0.00000182. The van der Waals surface area contributed by atoms with Crippen LogP contribution < -0.4 is 14.8 Å². The van der Waals surface area contributed by atoms with Crippen LogP contribution >= 0.6 is 12.4 Å². The van der Waals surface area contributed by atoms with Gasteiger partial charge in [0.1, 0.15) is 18.1 Å². The van der Waals surface area contributed by atoms with Crippen molar-refractivity contribution in [3.05, 3.63) is 35.5 Å². The summed E-state index contributed by atoms with van der Waals surface area (Å²) in [4.78, 5) is 6.82. The van der Waals surface area contributed by atoms with Gasteiger partial charge in [0.2, 0.25) is 0 Å². The van der Waals surface area contributed by atoms with Gasteiger partial charge in [-0.1, -0.05) is 5.16 Å². The van der Waals surface area contributed by atoms with E-state index in [2.05, 4.69) is 27.4 Å². The van der Waals surface area contributed by atoms with Crippen LogP contribution in [0.2, 0.25) is 0 Å². The van der Waals surface area contributed by atoms with Crippen LogP contribution in [-0.4, -0.2) is 55.4 Å². The molecule has 3 heterocycles. The maximum atomic E-state index is 5.79. The average molecular weight is 365 g/mol. The molecule has 2 aliphatic heterocycles. The van der Waals surface area contributed by atoms with Crippen LogP contribution in [0.4, 0.5) is 0 Å². The van der Waals surface area contributed by atoms with Crippen molar-refractivity contribution in [3.63, 3.8) is 0 Å². The van der Waals surface area contributed by atoms with Crippen LogP contribution in [0, 0.1) is 0 Å². The zero-order chi connectivity index (χ0) is 16.5. The first-order valence-electron chi connectivity index (χ1n) is 8.01. The van der Waals surface area contributed by atoms with Crippen molar-refractivity contribution >= 4 is 24.1 Å². The first-order chi connectivity index (χ1) is 11.7. The molecule has 1 saturated heterocycles. The van der Waals surface area contributed by atoms with Gasteiger partial charge in [0.25, 0.3) is 5.89 Å². The van der Waals surface area contributed by atoms with Crippen LogP contribution in [-0.2, 0) is 0 Å². The van der Waals surface area contributed by atoms with E-state index in [-0.39, 0.29) is 18.4 Å². The van der Waals surface area contributed by atoms with Crippen LogP contribution in [0.5, 0.6) is 11.5 Å². The standard InChI is InChI=1S/C17H20N4O3.ClH/c1-21-6-5-18-9-14(21)16-19-17(24-20-16)12-7-11-8-13(22-2)3-4-15(11)23-10-12;/h3-4,7-8,14,18H,5-6,9-10H2,1-2H3;1H. The SMILES string of the molecule is COc1ccc2c(c1)C=C(c1nc(C3CNCCN3C)no1)CO2.Cl. The molecule has 8 heteroatoms. The lowest BCUT2D eigenvalue weighted by molar-refractivity contribution is 0.190. The lowest BCUT2D eigenvalue weighted by atomic mass is 10.1. The Hall–Kier alpha value is -2.09. The van der Waals surface area contributed by atoms with E-state index in [9.17, 15) is 0 Å². The van der Waals surface area contributed by atoms with E-state index in [0.29, 0.717) is 18.3 Å². The summed E-state index contributed by atoms with van der Waals surface area (Å²) in [5.41, 5.74) is 1.83. The molecule has 0 radical (unpaired) electrons. The Morgan fingerprint density at radius 1 is 1.36 bits per heavy atom. The van der Waals surface area contributed by atoms with Gasteiger partial charge in [0.05, 0.1) is 18.7 Å². The van der Waals surface area contributed by atoms with Crippen molar-refractivity contribution in [2.45, 2.75) is 6.04 Å². The molecule has 1 N–H and O–H groups in total. The number of hydrogen-bond acceptors (Lipinski definition) is 7. The van der Waals surface area contributed by atoms with Crippen molar-refractivity contribution in [2.75, 3.05) is 40.4 Å². The maximum Gasteiger partial charge on any atom is 0.257 e. The molecule has 1 unspecified atom stereocenters. The van der Waals surface area contributed by atoms with Gasteiger partial charge in [-0.25, -0.2) is 0 Å². The van der Waals surface area contributed by atoms with Crippen molar-refractivity contribution in [2.24, 2.45) is 0 Å². The summed E-state index contributed by atoms with van der Waals surface area (Å²) in [6.45, 7) is 3.19. The van der Waals surface area contributed by atoms with Gasteiger partial charge >= 0.3 is 0 Å². The topological polar surface area (TPSA) is 72.7 Å². The van der Waals surface area contributed by atoms with Gasteiger partial charge in [-0.2, -0.15) is 4.98 Å². The summed E-state index contributed by atoms with van der Waals surface area (Å²) in [7, 11) is 3.72. The molecule has 1 aromatic heterocycles. The summed E-state index contributed by atoms with van der Waals surface area (Å²) in [5, 5.41) is 7.53. The number of piperazine rings is 1. The Labute approximate surface area is 152 Å². The molecule has 1 atom stereocenters. The highest BCUT2D eigenvalue weighted by Gasteiger charge is 2.26. The third kappa shape index (κ3) is 3.49. The van der Waals surface area contributed by atoms with Gasteiger partial charge in [-0.05, 0) is 31.3 Å². The first kappa shape index (κ1) is 17.7. The fourth-order valence-corrected chi connectivity index (χ4v) is 3.00. The van der Waals surface area contributed by atoms with Crippen molar-refractivity contribution in [1.82, 2.24) is 20.4 Å². The Morgan fingerprint density at radius 3 is 3.04 bits per heavy atom. The molecule has 0 amide bonds. The highest BCUT2D eigenvalue weighted by atomic mass is 35.5. The van der Waals surface area contributed by atoms with Gasteiger partial charge in [0, 0.05) is 25.2 Å². The quantitative estimate of drug-likeness (QED) is 0.893. The second-order valence-electron chi connectivity index (χ2n) is 6.02. The Morgan fingerprint density at radius 2 is 2.24 bits per heavy atom. The largest absolute Gasteiger partial charge is 0.497 e. The molecule has 25 heavy (non-hydrogen) atoms. The number of methoxy groups -OCH3 is 1. The monoisotopic (exact) mass is 364 g/mol. The molecule has 7 nitrogen and oxygen atoms in total. The second-order valence-corrected chi connectivity index (χ2v) is 6.02. The minimum absolute atomic E-state index is 0. The number of fused-ring (bicyclic) bond motifs is 1. The molecule has 134 valence electrons. The molecule has 1 fully saturated rings. The molecule has 1 aromatic carbocycles. The molecular weight excluding hydrogens is 344 g/mol. The normalized spacial score (nSPS) is 20.1. The van der Waals surface area contributed by atoms with Gasteiger partial charge in [-0.3, -0.25) is 4.90 Å². The lowest BCUT2D eigenvalue weighted by Gasteiger charge is -2.30. The predicted octanol–water partition coefficient (Wildman–Crippen LogP) is 2.01. The van der Waals surface area contributed by atoms with Crippen molar-refractivity contribution < 1.29 is 14.0 Å². The Kier molecular flexibility index (Phi) is 5.27. The number of aromatic nitrogens is 2. The van der Waals surface area contributed by atoms with Crippen LogP contribution in [0.3, 0.4) is 0 Å². The van der Waals surface area contributed by atoms with E-state index in [1.165, 1.54) is 0 Å². The van der Waals surface area contributed by atoms with Gasteiger partial charge in [0.15, 0.2) is 5.82 Å². The molecule has 2 aliphatic rings. The molecular formula is C17H21ClN4O3. The lowest BCUT2D eigenvalue weighted by Crippen LogP contribution is -2.44. The fraction of sp³-hybridized carbons (Fsp3) is 0.412. The van der Waals surface area contributed by atoms with E-state index >= 15 is 0 Å². The van der Waals surface area contributed by atoms with Crippen molar-refractivity contribution in [1.29, 1.82) is 0 Å². The third-order valence-electron chi connectivity index (χ3n) is 4.46. The number of halogens is 1. The minimum Gasteiger partial charge on any atom is -0.497 e. The highest BCUT2D eigenvalue weighted by Crippen LogP contribution is 2.33. The van der Waals surface area contributed by atoms with Crippen LogP contribution in [0.1, 0.15) is 23.3 Å². The number of likely N-dealkylation sites (N-methyl/N-ethyl adjacent to an activating group) is 1. The number of benzene rings is 1. The number of nitrogens with one attached hydrogen (secondary N) is 1. The molecule has 0 aliphatic carbocycles. The minimum atomic E-state index is 0.